The van der Waals surface area contributed by atoms with E-state index in [9.17, 15) is 48.9 Å². The van der Waals surface area contributed by atoms with Crippen LogP contribution in [-0.4, -0.2) is 115 Å². The normalized spacial score (nSPS) is 14.8. The second kappa shape index (κ2) is 22.7. The van der Waals surface area contributed by atoms with Crippen LogP contribution in [0.15, 0.2) is 97.1 Å². The van der Waals surface area contributed by atoms with Crippen molar-refractivity contribution in [2.45, 2.75) is 141 Å². The van der Waals surface area contributed by atoms with Gasteiger partial charge in [0, 0.05) is 17.5 Å². The number of rotatable bonds is 23. The van der Waals surface area contributed by atoms with Crippen molar-refractivity contribution in [1.82, 2.24) is 37.2 Å². The molecular formula is C51H68N8O10. The number of carbonyl (C=O) groups is 7. The molecule has 69 heavy (non-hydrogen) atoms. The van der Waals surface area contributed by atoms with Gasteiger partial charge >= 0.3 is 5.97 Å². The van der Waals surface area contributed by atoms with Crippen LogP contribution >= 0.6 is 0 Å². The van der Waals surface area contributed by atoms with E-state index in [0.717, 1.165) is 16.3 Å². The lowest BCUT2D eigenvalue weighted by Gasteiger charge is -2.37. The third kappa shape index (κ3) is 15.5. The number of fused-ring (bicyclic) bond motifs is 1. The van der Waals surface area contributed by atoms with Crippen LogP contribution in [0.2, 0.25) is 0 Å². The molecule has 18 nitrogen and oxygen atoms in total. The van der Waals surface area contributed by atoms with Gasteiger partial charge in [0.15, 0.2) is 5.78 Å². The second-order valence-electron chi connectivity index (χ2n) is 19.6. The van der Waals surface area contributed by atoms with Gasteiger partial charge in [-0.2, -0.15) is 0 Å². The Balaban J connectivity index is 1.61. The van der Waals surface area contributed by atoms with Gasteiger partial charge in [-0.1, -0.05) is 97.1 Å². The van der Waals surface area contributed by atoms with Crippen molar-refractivity contribution in [3.8, 4) is 0 Å². The lowest BCUT2D eigenvalue weighted by molar-refractivity contribution is -0.142. The largest absolute Gasteiger partial charge is 0.480 e. The summed E-state index contributed by atoms with van der Waals surface area (Å²) in [5.74, 6) is -5.04. The van der Waals surface area contributed by atoms with Crippen LogP contribution in [0.5, 0.6) is 0 Å². The number of nitrogens with one attached hydrogen (secondary N) is 7. The van der Waals surface area contributed by atoms with Gasteiger partial charge in [-0.15, -0.1) is 0 Å². The van der Waals surface area contributed by atoms with Gasteiger partial charge in [-0.05, 0) is 97.6 Å². The van der Waals surface area contributed by atoms with Crippen LogP contribution in [0.25, 0.3) is 10.8 Å². The molecule has 0 saturated carbocycles. The van der Waals surface area contributed by atoms with E-state index in [0.29, 0.717) is 16.7 Å². The molecular weight excluding hydrogens is 885 g/mol. The Bertz CT molecular complexity index is 2490. The smallest absolute Gasteiger partial charge is 0.325 e. The summed E-state index contributed by atoms with van der Waals surface area (Å²) in [6.45, 7) is 14.5. The summed E-state index contributed by atoms with van der Waals surface area (Å²) in [4.78, 5) is 92.8. The third-order valence-electron chi connectivity index (χ3n) is 11.6. The maximum Gasteiger partial charge on any atom is 0.325 e. The molecule has 0 heterocycles. The number of aliphatic hydroxyl groups excluding tert-OH is 2. The fourth-order valence-electron chi connectivity index (χ4n) is 7.00. The number of amides is 5. The predicted molar refractivity (Wildman–Crippen MR) is 261 cm³/mol. The Kier molecular flexibility index (Phi) is 18.1. The lowest BCUT2D eigenvalue weighted by Crippen LogP contribution is -2.67. The number of carbonyl (C=O) groups excluding carboxylic acids is 6. The number of ketones is 1. The topological polar surface area (TPSA) is 290 Å². The highest BCUT2D eigenvalue weighted by molar-refractivity contribution is 6.09. The minimum absolute atomic E-state index is 0.0601. The summed E-state index contributed by atoms with van der Waals surface area (Å²) >= 11 is 0. The highest BCUT2D eigenvalue weighted by Crippen LogP contribution is 2.20. The number of nitrogens with two attached hydrogens (primary N) is 1. The fourth-order valence-corrected chi connectivity index (χ4v) is 7.00. The maximum atomic E-state index is 14.3. The van der Waals surface area contributed by atoms with E-state index < -0.39 is 94.3 Å². The quantitative estimate of drug-likeness (QED) is 0.0375. The molecule has 0 saturated heterocycles. The van der Waals surface area contributed by atoms with Gasteiger partial charge in [0.2, 0.25) is 29.5 Å². The molecule has 4 aromatic carbocycles. The molecule has 0 radical (unpaired) electrons. The standard InChI is InChI=1S/C51H68N8O10/c1-29(53-44(66)48(3,4)52)40(61)57-50(7,8)46(68)56-38(28-32-22-23-33-16-14-15-19-36(33)26-32)42(63)59-51(9,10)47(69)55-37(41(62)58-49(5,6)45(67)54-30(2)43(64)65)27-31-20-24-35(25-21-31)39(60)34-17-12-11-13-18-34/h11-26,29-30,37-38,40,42,57,59,61,63H,27-28,52H2,1-10H3,(H,53,66)(H,54,67)(H,55,69)(H,56,68)(H,58,62)(H,64,65). The van der Waals surface area contributed by atoms with E-state index in [1.807, 2.05) is 42.5 Å². The average molecular weight is 953 g/mol. The first-order valence-corrected chi connectivity index (χ1v) is 22.7. The summed E-state index contributed by atoms with van der Waals surface area (Å²) in [7, 11) is 0. The van der Waals surface area contributed by atoms with Crippen molar-refractivity contribution in [1.29, 1.82) is 0 Å². The molecule has 0 aliphatic carbocycles. The second-order valence-corrected chi connectivity index (χ2v) is 19.6. The fraction of sp³-hybridized carbons (Fsp3) is 0.431. The molecule has 0 aliphatic heterocycles. The van der Waals surface area contributed by atoms with Gasteiger partial charge in [0.1, 0.15) is 30.1 Å². The average Bonchev–Trinajstić information content (AvgIpc) is 3.27. The van der Waals surface area contributed by atoms with E-state index >= 15 is 0 Å². The zero-order valence-electron chi connectivity index (χ0n) is 40.9. The van der Waals surface area contributed by atoms with Gasteiger partial charge in [-0.25, -0.2) is 0 Å². The van der Waals surface area contributed by atoms with Crippen molar-refractivity contribution in [3.63, 3.8) is 0 Å². The Labute approximate surface area is 403 Å². The summed E-state index contributed by atoms with van der Waals surface area (Å²) in [5, 5.41) is 53.1. The van der Waals surface area contributed by atoms with E-state index in [2.05, 4.69) is 37.2 Å². The monoisotopic (exact) mass is 953 g/mol. The van der Waals surface area contributed by atoms with E-state index in [1.54, 1.807) is 54.6 Å². The third-order valence-corrected chi connectivity index (χ3v) is 11.6. The van der Waals surface area contributed by atoms with Crippen LogP contribution in [0.1, 0.15) is 96.3 Å². The number of carboxylic acids is 1. The number of benzene rings is 4. The van der Waals surface area contributed by atoms with Crippen molar-refractivity contribution >= 4 is 52.1 Å². The van der Waals surface area contributed by atoms with Crippen LogP contribution in [0.4, 0.5) is 0 Å². The van der Waals surface area contributed by atoms with Crippen molar-refractivity contribution in [2.75, 3.05) is 0 Å². The van der Waals surface area contributed by atoms with Crippen molar-refractivity contribution in [3.05, 3.63) is 119 Å². The van der Waals surface area contributed by atoms with E-state index in [-0.39, 0.29) is 18.6 Å². The first-order chi connectivity index (χ1) is 32.0. The number of carboxylic acid groups (broad SMARTS) is 1. The molecule has 0 aliphatic rings. The minimum Gasteiger partial charge on any atom is -0.480 e. The molecule has 6 unspecified atom stereocenters. The van der Waals surface area contributed by atoms with Crippen molar-refractivity contribution in [2.24, 2.45) is 5.73 Å². The Morgan fingerprint density at radius 2 is 1.06 bits per heavy atom. The van der Waals surface area contributed by atoms with Crippen LogP contribution in [-0.2, 0) is 41.6 Å². The number of hydrogen-bond donors (Lipinski definition) is 11. The van der Waals surface area contributed by atoms with Gasteiger partial charge in [0.05, 0.1) is 28.7 Å². The zero-order chi connectivity index (χ0) is 51.6. The molecule has 0 bridgehead atoms. The van der Waals surface area contributed by atoms with E-state index in [4.69, 9.17) is 5.73 Å². The summed E-state index contributed by atoms with van der Waals surface area (Å²) in [5.41, 5.74) is 2.00. The Hall–Kier alpha value is -6.57. The summed E-state index contributed by atoms with van der Waals surface area (Å²) in [6.07, 6.45) is -3.09. The lowest BCUT2D eigenvalue weighted by atomic mass is 9.95. The molecule has 372 valence electrons. The Morgan fingerprint density at radius 1 is 0.551 bits per heavy atom. The molecule has 4 rings (SSSR count). The zero-order valence-corrected chi connectivity index (χ0v) is 40.9. The molecule has 5 amide bonds. The van der Waals surface area contributed by atoms with Crippen LogP contribution in [0, 0.1) is 0 Å². The summed E-state index contributed by atoms with van der Waals surface area (Å²) in [6, 6.07) is 23.8. The number of hydrogen-bond acceptors (Lipinski definition) is 12. The van der Waals surface area contributed by atoms with Gasteiger partial charge in [0.25, 0.3) is 0 Å². The number of aliphatic hydroxyl groups is 2. The maximum absolute atomic E-state index is 14.3. The van der Waals surface area contributed by atoms with Gasteiger partial charge < -0.3 is 47.6 Å². The Morgan fingerprint density at radius 3 is 1.64 bits per heavy atom. The first-order valence-electron chi connectivity index (χ1n) is 22.7. The first kappa shape index (κ1) is 55.0. The van der Waals surface area contributed by atoms with Crippen molar-refractivity contribution < 1.29 is 48.9 Å². The highest BCUT2D eigenvalue weighted by Gasteiger charge is 2.40. The molecule has 18 heteroatoms. The number of aliphatic carboxylic acids is 1. The molecule has 0 spiro atoms. The molecule has 12 N–H and O–H groups in total. The molecule has 0 aromatic heterocycles. The SMILES string of the molecule is CC(NC(=O)C(C)(C)NC(=O)C(Cc1ccc(C(=O)c2ccccc2)cc1)NC(=O)C(C)(C)NC(O)C(Cc1ccc2ccccc2c1)NC(=O)C(C)(C)NC(O)C(C)NC(=O)C(C)(C)N)C(=O)O. The predicted octanol–water partition coefficient (Wildman–Crippen LogP) is 1.92. The molecule has 6 atom stereocenters. The summed E-state index contributed by atoms with van der Waals surface area (Å²) < 4.78 is 0. The van der Waals surface area contributed by atoms with Crippen LogP contribution < -0.4 is 43.0 Å². The van der Waals surface area contributed by atoms with Gasteiger partial charge in [-0.3, -0.25) is 44.2 Å². The van der Waals surface area contributed by atoms with E-state index in [1.165, 1.54) is 69.2 Å². The van der Waals surface area contributed by atoms with Crippen LogP contribution in [0.3, 0.4) is 0 Å². The molecule has 4 aromatic rings. The minimum atomic E-state index is -1.66. The molecule has 0 fully saturated rings. The highest BCUT2D eigenvalue weighted by atomic mass is 16.4.